The molecule has 0 fully saturated rings. The largest absolute Gasteiger partial charge is 0.480 e. The molecule has 190 valence electrons. The topological polar surface area (TPSA) is 235 Å². The van der Waals surface area contributed by atoms with Crippen LogP contribution in [0.3, 0.4) is 0 Å². The number of guanidine groups is 1. The van der Waals surface area contributed by atoms with Crippen LogP contribution in [0.4, 0.5) is 0 Å². The normalized spacial score (nSPS) is 15.5. The number of amides is 3. The fraction of sp³-hybridized carbons (Fsp3) is 0.737. The Hall–Kier alpha value is -2.58. The molecular weight excluding hydrogens is 454 g/mol. The number of hydrogen-bond donors (Lipinski definition) is 9. The number of carboxylic acids is 1. The van der Waals surface area contributed by atoms with Gasteiger partial charge in [0, 0.05) is 12.3 Å². The number of carbonyl (C=O) groups is 4. The van der Waals surface area contributed by atoms with E-state index < -0.39 is 54.0 Å². The molecule has 13 nitrogen and oxygen atoms in total. The molecule has 3 amide bonds. The highest BCUT2D eigenvalue weighted by atomic mass is 32.1. The van der Waals surface area contributed by atoms with Gasteiger partial charge in [0.05, 0.1) is 12.1 Å². The van der Waals surface area contributed by atoms with Crippen LogP contribution in [-0.2, 0) is 19.2 Å². The van der Waals surface area contributed by atoms with Gasteiger partial charge in [-0.2, -0.15) is 12.6 Å². The minimum atomic E-state index is -1.57. The van der Waals surface area contributed by atoms with E-state index in [1.165, 1.54) is 6.92 Å². The second-order valence-electron chi connectivity index (χ2n) is 8.05. The van der Waals surface area contributed by atoms with E-state index in [9.17, 15) is 24.3 Å². The molecule has 5 unspecified atom stereocenters. The summed E-state index contributed by atoms with van der Waals surface area (Å²) in [6, 6.07) is -4.67. The van der Waals surface area contributed by atoms with Crippen LogP contribution in [0.1, 0.15) is 40.0 Å². The molecule has 0 saturated heterocycles. The van der Waals surface area contributed by atoms with Crippen molar-refractivity contribution in [3.05, 3.63) is 0 Å². The van der Waals surface area contributed by atoms with Crippen molar-refractivity contribution >= 4 is 42.3 Å². The fourth-order valence-corrected chi connectivity index (χ4v) is 3.03. The van der Waals surface area contributed by atoms with E-state index in [4.69, 9.17) is 22.3 Å². The fourth-order valence-electron chi connectivity index (χ4n) is 2.77. The number of rotatable bonds is 15. The van der Waals surface area contributed by atoms with E-state index >= 15 is 0 Å². The Morgan fingerprint density at radius 3 is 1.97 bits per heavy atom. The summed E-state index contributed by atoms with van der Waals surface area (Å²) in [5, 5.41) is 25.8. The van der Waals surface area contributed by atoms with Gasteiger partial charge in [0.25, 0.3) is 0 Å². The molecule has 14 heteroatoms. The summed E-state index contributed by atoms with van der Waals surface area (Å²) in [6.45, 7) is 5.22. The van der Waals surface area contributed by atoms with Crippen LogP contribution in [0.5, 0.6) is 0 Å². The Morgan fingerprint density at radius 2 is 1.52 bits per heavy atom. The maximum atomic E-state index is 12.8. The van der Waals surface area contributed by atoms with Crippen LogP contribution in [0.15, 0.2) is 4.99 Å². The van der Waals surface area contributed by atoms with Crippen molar-refractivity contribution in [3.8, 4) is 0 Å². The number of aliphatic hydroxyl groups excluding tert-OH is 1. The van der Waals surface area contributed by atoms with Gasteiger partial charge in [-0.25, -0.2) is 4.79 Å². The summed E-state index contributed by atoms with van der Waals surface area (Å²) in [4.78, 5) is 52.8. The van der Waals surface area contributed by atoms with Gasteiger partial charge in [-0.05, 0) is 32.1 Å². The van der Waals surface area contributed by atoms with Crippen LogP contribution in [0.25, 0.3) is 0 Å². The van der Waals surface area contributed by atoms with Gasteiger partial charge in [-0.3, -0.25) is 19.4 Å². The third-order valence-corrected chi connectivity index (χ3v) is 4.87. The Balaban J connectivity index is 5.35. The number of aliphatic imine (C=N–C) groups is 1. The second-order valence-corrected chi connectivity index (χ2v) is 8.42. The highest BCUT2D eigenvalue weighted by Crippen LogP contribution is 2.06. The highest BCUT2D eigenvalue weighted by Gasteiger charge is 2.31. The molecule has 0 aliphatic carbocycles. The van der Waals surface area contributed by atoms with Crippen molar-refractivity contribution in [1.82, 2.24) is 16.0 Å². The smallest absolute Gasteiger partial charge is 0.328 e. The highest BCUT2D eigenvalue weighted by molar-refractivity contribution is 7.80. The number of nitrogens with two attached hydrogens (primary N) is 3. The van der Waals surface area contributed by atoms with E-state index in [0.29, 0.717) is 12.8 Å². The summed E-state index contributed by atoms with van der Waals surface area (Å²) in [7, 11) is 0. The molecule has 0 radical (unpaired) electrons. The lowest BCUT2D eigenvalue weighted by molar-refractivity contribution is -0.145. The summed E-state index contributed by atoms with van der Waals surface area (Å²) in [5.41, 5.74) is 16.5. The molecule has 0 spiro atoms. The number of thiol groups is 1. The Bertz CT molecular complexity index is 700. The van der Waals surface area contributed by atoms with Crippen molar-refractivity contribution in [3.63, 3.8) is 0 Å². The zero-order valence-corrected chi connectivity index (χ0v) is 20.0. The van der Waals surface area contributed by atoms with Crippen molar-refractivity contribution in [2.75, 3.05) is 12.3 Å². The predicted molar refractivity (Wildman–Crippen MR) is 126 cm³/mol. The monoisotopic (exact) mass is 491 g/mol. The summed E-state index contributed by atoms with van der Waals surface area (Å²) in [5.74, 6) is -3.63. The Morgan fingerprint density at radius 1 is 0.970 bits per heavy atom. The molecule has 0 heterocycles. The zero-order valence-electron chi connectivity index (χ0n) is 19.2. The number of aliphatic hydroxyl groups is 1. The predicted octanol–water partition coefficient (Wildman–Crippen LogP) is -2.74. The molecule has 0 aromatic rings. The quantitative estimate of drug-likeness (QED) is 0.0499. The molecule has 0 aromatic carbocycles. The van der Waals surface area contributed by atoms with Crippen LogP contribution >= 0.6 is 12.6 Å². The first-order valence-electron chi connectivity index (χ1n) is 10.5. The number of hydrogen-bond acceptors (Lipinski definition) is 8. The summed E-state index contributed by atoms with van der Waals surface area (Å²) < 4.78 is 0. The van der Waals surface area contributed by atoms with E-state index in [1.807, 2.05) is 13.8 Å². The lowest BCUT2D eigenvalue weighted by Gasteiger charge is -2.25. The molecular formula is C19H37N7O6S. The molecule has 11 N–H and O–H groups in total. The van der Waals surface area contributed by atoms with Crippen LogP contribution in [0, 0.1) is 5.92 Å². The molecule has 0 aromatic heterocycles. The first kappa shape index (κ1) is 30.4. The minimum absolute atomic E-state index is 0.114. The van der Waals surface area contributed by atoms with Gasteiger partial charge in [-0.1, -0.05) is 13.8 Å². The second kappa shape index (κ2) is 15.3. The maximum Gasteiger partial charge on any atom is 0.328 e. The van der Waals surface area contributed by atoms with Gasteiger partial charge in [0.1, 0.15) is 12.1 Å². The standard InChI is InChI=1S/C19H37N7O6S/c1-9(2)7-11(20)15(28)24-12(5-4-6-23-19(21)22)16(29)25-13(8-33)17(30)26-14(10(3)27)18(31)32/h9-14,27,33H,4-8,20H2,1-3H3,(H,24,28)(H,25,29)(H,26,30)(H,31,32)(H4,21,22,23). The molecule has 5 atom stereocenters. The van der Waals surface area contributed by atoms with Gasteiger partial charge < -0.3 is 43.4 Å². The van der Waals surface area contributed by atoms with Crippen LogP contribution in [0.2, 0.25) is 0 Å². The van der Waals surface area contributed by atoms with Crippen molar-refractivity contribution in [2.24, 2.45) is 28.1 Å². The van der Waals surface area contributed by atoms with E-state index in [0.717, 1.165) is 0 Å². The Kier molecular flexibility index (Phi) is 14.1. The lowest BCUT2D eigenvalue weighted by atomic mass is 10.0. The van der Waals surface area contributed by atoms with E-state index in [1.54, 1.807) is 0 Å². The summed E-state index contributed by atoms with van der Waals surface area (Å²) in [6.07, 6.45) is -0.468. The number of nitrogens with zero attached hydrogens (tertiary/aromatic N) is 1. The zero-order chi connectivity index (χ0) is 25.7. The number of carboxylic acid groups (broad SMARTS) is 1. The van der Waals surface area contributed by atoms with Crippen LogP contribution in [-0.4, -0.2) is 82.4 Å². The lowest BCUT2D eigenvalue weighted by Crippen LogP contribution is -2.58. The van der Waals surface area contributed by atoms with Crippen LogP contribution < -0.4 is 33.2 Å². The number of aliphatic carboxylic acids is 1. The van der Waals surface area contributed by atoms with E-state index in [2.05, 4.69) is 33.6 Å². The average molecular weight is 492 g/mol. The van der Waals surface area contributed by atoms with Gasteiger partial charge in [0.15, 0.2) is 12.0 Å². The molecule has 0 saturated carbocycles. The maximum absolute atomic E-state index is 12.8. The van der Waals surface area contributed by atoms with Crippen molar-refractivity contribution in [1.29, 1.82) is 0 Å². The average Bonchev–Trinajstić information content (AvgIpc) is 2.70. The SMILES string of the molecule is CC(C)CC(N)C(=O)NC(CCCN=C(N)N)C(=O)NC(CS)C(=O)NC(C(=O)O)C(C)O. The molecule has 0 aliphatic rings. The first-order chi connectivity index (χ1) is 15.3. The number of carbonyl (C=O) groups excluding carboxylic acids is 3. The first-order valence-corrected chi connectivity index (χ1v) is 11.2. The third kappa shape index (κ3) is 12.3. The van der Waals surface area contributed by atoms with Gasteiger partial charge in [-0.15, -0.1) is 0 Å². The minimum Gasteiger partial charge on any atom is -0.480 e. The third-order valence-electron chi connectivity index (χ3n) is 4.50. The Labute approximate surface area is 198 Å². The van der Waals surface area contributed by atoms with Gasteiger partial charge >= 0.3 is 5.97 Å². The summed E-state index contributed by atoms with van der Waals surface area (Å²) >= 11 is 4.03. The van der Waals surface area contributed by atoms with Crippen molar-refractivity contribution in [2.45, 2.75) is 70.3 Å². The molecule has 33 heavy (non-hydrogen) atoms. The molecule has 0 rings (SSSR count). The van der Waals surface area contributed by atoms with E-state index in [-0.39, 0.29) is 30.6 Å². The van der Waals surface area contributed by atoms with Gasteiger partial charge in [0.2, 0.25) is 17.7 Å². The number of nitrogens with one attached hydrogen (secondary N) is 3. The van der Waals surface area contributed by atoms with Crippen molar-refractivity contribution < 1.29 is 29.4 Å². The molecule has 0 aliphatic heterocycles. The molecule has 0 bridgehead atoms.